The second kappa shape index (κ2) is 17.2. The third-order valence-electron chi connectivity index (χ3n) is 8.94. The number of carbonyl (C=O) groups is 2. The molecular formula is C36H44Cl2N6O6S. The van der Waals surface area contributed by atoms with E-state index in [-0.39, 0.29) is 40.0 Å². The Balaban J connectivity index is 1.25. The molecule has 0 N–H and O–H groups in total. The van der Waals surface area contributed by atoms with Crippen LogP contribution in [0.25, 0.3) is 16.6 Å². The summed E-state index contributed by atoms with van der Waals surface area (Å²) in [4.78, 5) is 37.0. The molecule has 12 nitrogen and oxygen atoms in total. The Labute approximate surface area is 309 Å². The summed E-state index contributed by atoms with van der Waals surface area (Å²) in [6.45, 7) is 5.89. The molecule has 1 aliphatic heterocycles. The molecule has 51 heavy (non-hydrogen) atoms. The van der Waals surface area contributed by atoms with Crippen molar-refractivity contribution in [3.05, 3.63) is 76.4 Å². The van der Waals surface area contributed by atoms with Crippen molar-refractivity contribution < 1.29 is 27.5 Å². The summed E-state index contributed by atoms with van der Waals surface area (Å²) in [6, 6.07) is 9.60. The molecule has 0 unspecified atom stereocenters. The Hall–Kier alpha value is -3.75. The summed E-state index contributed by atoms with van der Waals surface area (Å²) in [5.41, 5.74) is 2.61. The van der Waals surface area contributed by atoms with Crippen molar-refractivity contribution in [1.82, 2.24) is 28.6 Å². The number of sulfonamides is 1. The zero-order valence-electron chi connectivity index (χ0n) is 29.3. The van der Waals surface area contributed by atoms with Crippen molar-refractivity contribution in [2.45, 2.75) is 63.5 Å². The van der Waals surface area contributed by atoms with Gasteiger partial charge in [-0.05, 0) is 83.4 Å². The summed E-state index contributed by atoms with van der Waals surface area (Å²) >= 11 is 13.4. The number of benzene rings is 2. The predicted octanol–water partition coefficient (Wildman–Crippen LogP) is 5.89. The van der Waals surface area contributed by atoms with Crippen LogP contribution < -0.4 is 4.74 Å². The zero-order chi connectivity index (χ0) is 36.7. The van der Waals surface area contributed by atoms with Crippen molar-refractivity contribution in [3.63, 3.8) is 0 Å². The van der Waals surface area contributed by atoms with Gasteiger partial charge in [-0.15, -0.1) is 0 Å². The average molecular weight is 760 g/mol. The Morgan fingerprint density at radius 2 is 1.84 bits per heavy atom. The number of nitrogens with zero attached hydrogens (tertiary/aromatic N) is 6. The van der Waals surface area contributed by atoms with Crippen molar-refractivity contribution in [2.75, 3.05) is 46.9 Å². The first kappa shape index (κ1) is 38.5. The first-order valence-electron chi connectivity index (χ1n) is 17.0. The molecule has 0 spiro atoms. The van der Waals surface area contributed by atoms with Crippen LogP contribution in [0.1, 0.15) is 50.3 Å². The summed E-state index contributed by atoms with van der Waals surface area (Å²) in [6.07, 6.45) is 8.64. The van der Waals surface area contributed by atoms with E-state index in [0.717, 1.165) is 49.1 Å². The number of halogens is 2. The molecule has 1 fully saturated rings. The van der Waals surface area contributed by atoms with Gasteiger partial charge in [0.05, 0.1) is 23.6 Å². The van der Waals surface area contributed by atoms with Gasteiger partial charge in [-0.3, -0.25) is 9.59 Å². The number of hydrogen-bond acceptors (Lipinski definition) is 9. The fourth-order valence-electron chi connectivity index (χ4n) is 6.27. The number of pyridine rings is 1. The van der Waals surface area contributed by atoms with Gasteiger partial charge in [0.25, 0.3) is 0 Å². The van der Waals surface area contributed by atoms with E-state index in [1.807, 2.05) is 42.9 Å². The summed E-state index contributed by atoms with van der Waals surface area (Å²) < 4.78 is 42.6. The highest BCUT2D eigenvalue weighted by atomic mass is 35.5. The summed E-state index contributed by atoms with van der Waals surface area (Å²) in [5, 5.41) is 1.05. The van der Waals surface area contributed by atoms with E-state index in [1.165, 1.54) is 23.4 Å². The third kappa shape index (κ3) is 9.19. The number of para-hydroxylation sites is 1. The Kier molecular flexibility index (Phi) is 13.0. The second-order valence-electron chi connectivity index (χ2n) is 12.8. The van der Waals surface area contributed by atoms with Gasteiger partial charge in [0, 0.05) is 61.1 Å². The SMILES string of the molecule is CC(=O)OCCCCN(C)CCCN(C)C(=O)[C@@H]1CCCN1S(=O)(=O)c1ccc(Cl)c(COc2cccc3c(-n4ccnc4)cc(C)nc23)c1Cl. The number of rotatable bonds is 16. The maximum absolute atomic E-state index is 14.1. The standard InChI is InChI=1S/C36H44Cl2N6O6S/c1-25-22-31(43-20-15-39-24-43)27-10-7-12-32(35(27)40-25)50-23-28-29(37)13-14-33(34(28)38)51(47,48)44-19-8-11-30(44)36(46)42(4)18-9-17-41(3)16-5-6-21-49-26(2)45/h7,10,12-15,20,22,24,30H,5-6,8-9,11,16-19,21,23H2,1-4H3/t30-/m0/s1. The number of unbranched alkanes of at least 4 members (excludes halogenated alkanes) is 1. The molecule has 274 valence electrons. The number of likely N-dealkylation sites (N-methyl/N-ethyl adjacent to an activating group) is 1. The molecule has 1 amide bonds. The fraction of sp³-hybridized carbons (Fsp3) is 0.444. The van der Waals surface area contributed by atoms with Crippen LogP contribution >= 0.6 is 23.2 Å². The number of esters is 1. The second-order valence-corrected chi connectivity index (χ2v) is 15.4. The molecule has 15 heteroatoms. The van der Waals surface area contributed by atoms with E-state index in [9.17, 15) is 18.0 Å². The van der Waals surface area contributed by atoms with Crippen molar-refractivity contribution in [3.8, 4) is 11.4 Å². The molecule has 5 rings (SSSR count). The van der Waals surface area contributed by atoms with E-state index in [2.05, 4.69) is 9.88 Å². The smallest absolute Gasteiger partial charge is 0.302 e. The number of imidazole rings is 1. The molecule has 1 atom stereocenters. The number of aryl methyl sites for hydroxylation is 1. The molecule has 4 aromatic rings. The number of amides is 1. The van der Waals surface area contributed by atoms with E-state index in [1.54, 1.807) is 30.5 Å². The molecule has 0 aliphatic carbocycles. The van der Waals surface area contributed by atoms with Gasteiger partial charge in [-0.1, -0.05) is 35.3 Å². The molecular weight excluding hydrogens is 715 g/mol. The molecule has 0 radical (unpaired) electrons. The summed E-state index contributed by atoms with van der Waals surface area (Å²) in [7, 11) is -0.453. The normalized spacial score (nSPS) is 15.1. The lowest BCUT2D eigenvalue weighted by Crippen LogP contribution is -2.47. The first-order valence-corrected chi connectivity index (χ1v) is 19.1. The predicted molar refractivity (Wildman–Crippen MR) is 197 cm³/mol. The van der Waals surface area contributed by atoms with Gasteiger partial charge < -0.3 is 23.8 Å². The quantitative estimate of drug-likeness (QED) is 0.102. The molecule has 1 saturated heterocycles. The molecule has 0 saturated carbocycles. The lowest BCUT2D eigenvalue weighted by Gasteiger charge is -2.28. The van der Waals surface area contributed by atoms with Crippen LogP contribution in [0.2, 0.25) is 10.0 Å². The first-order chi connectivity index (χ1) is 24.4. The van der Waals surface area contributed by atoms with Crippen LogP contribution in [0, 0.1) is 6.92 Å². The van der Waals surface area contributed by atoms with Crippen LogP contribution in [0.3, 0.4) is 0 Å². The topological polar surface area (TPSA) is 127 Å². The highest BCUT2D eigenvalue weighted by Gasteiger charge is 2.41. The number of hydrogen-bond donors (Lipinski definition) is 0. The Morgan fingerprint density at radius 1 is 1.06 bits per heavy atom. The minimum atomic E-state index is -4.17. The fourth-order valence-corrected chi connectivity index (χ4v) is 8.79. The van der Waals surface area contributed by atoms with Crippen LogP contribution in [0.4, 0.5) is 0 Å². The largest absolute Gasteiger partial charge is 0.487 e. The Bertz CT molecular complexity index is 1960. The Morgan fingerprint density at radius 3 is 2.59 bits per heavy atom. The number of ether oxygens (including phenoxy) is 2. The van der Waals surface area contributed by atoms with E-state index < -0.39 is 16.1 Å². The number of carbonyl (C=O) groups excluding carboxylic acids is 2. The van der Waals surface area contributed by atoms with Crippen LogP contribution in [-0.4, -0.2) is 102 Å². The molecule has 2 aromatic heterocycles. The monoisotopic (exact) mass is 758 g/mol. The third-order valence-corrected chi connectivity index (χ3v) is 11.8. The van der Waals surface area contributed by atoms with E-state index in [0.29, 0.717) is 42.8 Å². The lowest BCUT2D eigenvalue weighted by atomic mass is 10.1. The van der Waals surface area contributed by atoms with Crippen LogP contribution in [-0.2, 0) is 31.0 Å². The highest BCUT2D eigenvalue weighted by Crippen LogP contribution is 2.37. The zero-order valence-corrected chi connectivity index (χ0v) is 31.7. The highest BCUT2D eigenvalue weighted by molar-refractivity contribution is 7.89. The minimum Gasteiger partial charge on any atom is -0.487 e. The van der Waals surface area contributed by atoms with Crippen LogP contribution in [0.15, 0.2) is 60.0 Å². The van der Waals surface area contributed by atoms with Gasteiger partial charge in [0.1, 0.15) is 28.8 Å². The van der Waals surface area contributed by atoms with Crippen molar-refractivity contribution >= 4 is 56.0 Å². The molecule has 3 heterocycles. The number of aromatic nitrogens is 3. The molecule has 0 bridgehead atoms. The maximum Gasteiger partial charge on any atom is 0.302 e. The van der Waals surface area contributed by atoms with Crippen LogP contribution in [0.5, 0.6) is 5.75 Å². The maximum atomic E-state index is 14.1. The van der Waals surface area contributed by atoms with Gasteiger partial charge in [-0.2, -0.15) is 4.31 Å². The molecule has 2 aromatic carbocycles. The molecule has 1 aliphatic rings. The summed E-state index contributed by atoms with van der Waals surface area (Å²) in [5.74, 6) is -0.0400. The van der Waals surface area contributed by atoms with Gasteiger partial charge in [0.2, 0.25) is 15.9 Å². The van der Waals surface area contributed by atoms with Gasteiger partial charge >= 0.3 is 5.97 Å². The number of fused-ring (bicyclic) bond motifs is 1. The minimum absolute atomic E-state index is 0.0478. The van der Waals surface area contributed by atoms with Gasteiger partial charge in [0.15, 0.2) is 0 Å². The average Bonchev–Trinajstić information content (AvgIpc) is 3.81. The van der Waals surface area contributed by atoms with Crippen molar-refractivity contribution in [1.29, 1.82) is 0 Å². The lowest BCUT2D eigenvalue weighted by molar-refractivity contribution is -0.141. The van der Waals surface area contributed by atoms with E-state index in [4.69, 9.17) is 37.7 Å². The van der Waals surface area contributed by atoms with Crippen molar-refractivity contribution in [2.24, 2.45) is 0 Å². The van der Waals surface area contributed by atoms with Gasteiger partial charge in [-0.25, -0.2) is 18.4 Å². The van der Waals surface area contributed by atoms with E-state index >= 15 is 0 Å².